The lowest BCUT2D eigenvalue weighted by molar-refractivity contribution is 0.617. The summed E-state index contributed by atoms with van der Waals surface area (Å²) in [5, 5.41) is 2.75. The number of nitrogens with one attached hydrogen (secondary N) is 1. The Balaban J connectivity index is 0.000001000. The fourth-order valence-electron chi connectivity index (χ4n) is 0.610. The molecule has 0 saturated carbocycles. The molecule has 0 bridgehead atoms. The van der Waals surface area contributed by atoms with Gasteiger partial charge in [-0.05, 0) is 6.92 Å². The first kappa shape index (κ1) is 6.92. The van der Waals surface area contributed by atoms with Crippen molar-refractivity contribution in [2.24, 2.45) is 0 Å². The van der Waals surface area contributed by atoms with Crippen LogP contribution in [0, 0.1) is 5.82 Å². The highest BCUT2D eigenvalue weighted by molar-refractivity contribution is 5.33. The molecule has 10 heavy (non-hydrogen) atoms. The molecule has 1 N–H and O–H groups in total. The number of hydrogen-bond donors (Lipinski definition) is 1. The summed E-state index contributed by atoms with van der Waals surface area (Å²) in [4.78, 5) is 7.17. The first-order chi connectivity index (χ1) is 4.84. The third-order valence-corrected chi connectivity index (χ3v) is 1.01. The van der Waals surface area contributed by atoms with Gasteiger partial charge in [-0.25, -0.2) is 14.4 Å². The lowest BCUT2D eigenvalue weighted by Gasteiger charge is -1.99. The number of anilines is 1. The second-order valence-corrected chi connectivity index (χ2v) is 1.75. The van der Waals surface area contributed by atoms with E-state index in [9.17, 15) is 4.39 Å². The van der Waals surface area contributed by atoms with Crippen LogP contribution >= 0.6 is 0 Å². The van der Waals surface area contributed by atoms with E-state index in [2.05, 4.69) is 15.3 Å². The van der Waals surface area contributed by atoms with Crippen molar-refractivity contribution < 1.29 is 5.82 Å². The van der Waals surface area contributed by atoms with E-state index in [1.165, 1.54) is 6.33 Å². The van der Waals surface area contributed by atoms with Crippen LogP contribution in [0.1, 0.15) is 8.35 Å². The summed E-state index contributed by atoms with van der Waals surface area (Å²) in [5.74, 6) is -0.151. The minimum Gasteiger partial charge on any atom is -0.368 e. The van der Waals surface area contributed by atoms with Crippen molar-refractivity contribution in [3.8, 4) is 0 Å². The summed E-state index contributed by atoms with van der Waals surface area (Å²) in [6.45, 7) is 2.54. The van der Waals surface area contributed by atoms with E-state index in [-0.39, 0.29) is 7.24 Å². The Morgan fingerprint density at radius 1 is 1.80 bits per heavy atom. The molecule has 0 unspecified atom stereocenters. The van der Waals surface area contributed by atoms with Gasteiger partial charge in [0, 0.05) is 7.97 Å². The number of halogens is 1. The van der Waals surface area contributed by atoms with Gasteiger partial charge < -0.3 is 5.32 Å². The Labute approximate surface area is 59.8 Å². The summed E-state index contributed by atoms with van der Waals surface area (Å²) < 4.78 is 12.6. The molecule has 0 amide bonds. The van der Waals surface area contributed by atoms with Crippen molar-refractivity contribution in [3.63, 3.8) is 0 Å². The van der Waals surface area contributed by atoms with E-state index >= 15 is 0 Å². The smallest absolute Gasteiger partial charge is 0.183 e. The second kappa shape index (κ2) is 3.10. The van der Waals surface area contributed by atoms with Gasteiger partial charge in [-0.15, -0.1) is 0 Å². The van der Waals surface area contributed by atoms with Crippen molar-refractivity contribution in [1.82, 2.24) is 9.97 Å². The zero-order valence-electron chi connectivity index (χ0n) is 5.63. The summed E-state index contributed by atoms with van der Waals surface area (Å²) >= 11 is 0. The fraction of sp³-hybridized carbons (Fsp3) is 0.333. The van der Waals surface area contributed by atoms with Crippen LogP contribution in [0.4, 0.5) is 10.2 Å². The van der Waals surface area contributed by atoms with E-state index in [0.29, 0.717) is 6.54 Å². The minimum atomic E-state index is -0.413. The van der Waals surface area contributed by atoms with E-state index in [1.807, 2.05) is 6.92 Å². The molecule has 0 radical (unpaired) electrons. The summed E-state index contributed by atoms with van der Waals surface area (Å²) in [7, 11) is 0. The van der Waals surface area contributed by atoms with E-state index < -0.39 is 5.82 Å². The molecule has 0 saturated heterocycles. The van der Waals surface area contributed by atoms with Crippen LogP contribution < -0.4 is 5.32 Å². The SMILES string of the molecule is CCNc1ncncc1F.[HH]. The number of hydrogen-bond acceptors (Lipinski definition) is 3. The van der Waals surface area contributed by atoms with Gasteiger partial charge >= 0.3 is 0 Å². The third-order valence-electron chi connectivity index (χ3n) is 1.01. The molecule has 1 heterocycles. The molecule has 0 aromatic carbocycles. The Morgan fingerprint density at radius 3 is 3.20 bits per heavy atom. The highest BCUT2D eigenvalue weighted by atomic mass is 19.1. The fourth-order valence-corrected chi connectivity index (χ4v) is 0.610. The number of rotatable bonds is 2. The van der Waals surface area contributed by atoms with Crippen LogP contribution in [-0.4, -0.2) is 16.5 Å². The largest absolute Gasteiger partial charge is 0.368 e. The maximum Gasteiger partial charge on any atom is 0.183 e. The van der Waals surface area contributed by atoms with Crippen LogP contribution in [0.2, 0.25) is 0 Å². The standard InChI is InChI=1S/C6H8FN3.H2/c1-2-9-6-5(7)3-8-4-10-6;/h3-4H,2H2,1H3,(H,8,9,10);1H. The molecule has 0 aliphatic rings. The van der Waals surface area contributed by atoms with Crippen molar-refractivity contribution >= 4 is 5.82 Å². The Morgan fingerprint density at radius 2 is 2.60 bits per heavy atom. The molecule has 0 atom stereocenters. The average Bonchev–Trinajstić information content (AvgIpc) is 1.94. The zero-order chi connectivity index (χ0) is 7.40. The van der Waals surface area contributed by atoms with E-state index in [0.717, 1.165) is 6.20 Å². The van der Waals surface area contributed by atoms with Crippen molar-refractivity contribution in [2.45, 2.75) is 6.92 Å². The zero-order valence-corrected chi connectivity index (χ0v) is 5.63. The molecular formula is C6H10FN3. The van der Waals surface area contributed by atoms with Crippen LogP contribution in [-0.2, 0) is 0 Å². The monoisotopic (exact) mass is 143 g/mol. The Kier molecular flexibility index (Phi) is 2.15. The van der Waals surface area contributed by atoms with Gasteiger partial charge in [0.05, 0.1) is 6.20 Å². The molecule has 0 aliphatic heterocycles. The van der Waals surface area contributed by atoms with Crippen LogP contribution in [0.25, 0.3) is 0 Å². The molecule has 1 rings (SSSR count). The molecular weight excluding hydrogens is 133 g/mol. The molecule has 3 nitrogen and oxygen atoms in total. The first-order valence-corrected chi connectivity index (χ1v) is 3.04. The molecule has 4 heteroatoms. The van der Waals surface area contributed by atoms with E-state index in [4.69, 9.17) is 0 Å². The van der Waals surface area contributed by atoms with Crippen LogP contribution in [0.3, 0.4) is 0 Å². The predicted octanol–water partition coefficient (Wildman–Crippen LogP) is 1.29. The molecule has 1 aromatic rings. The maximum absolute atomic E-state index is 12.6. The molecule has 0 aliphatic carbocycles. The van der Waals surface area contributed by atoms with Gasteiger partial charge in [0.25, 0.3) is 0 Å². The van der Waals surface area contributed by atoms with Crippen molar-refractivity contribution in [3.05, 3.63) is 18.3 Å². The van der Waals surface area contributed by atoms with Crippen molar-refractivity contribution in [1.29, 1.82) is 0 Å². The van der Waals surface area contributed by atoms with Gasteiger partial charge in [0.15, 0.2) is 11.6 Å². The van der Waals surface area contributed by atoms with Crippen LogP contribution in [0.15, 0.2) is 12.5 Å². The van der Waals surface area contributed by atoms with Crippen LogP contribution in [0.5, 0.6) is 0 Å². The van der Waals surface area contributed by atoms with Gasteiger partial charge in [-0.1, -0.05) is 0 Å². The Bertz CT molecular complexity index is 219. The highest BCUT2D eigenvalue weighted by Crippen LogP contribution is 2.04. The quantitative estimate of drug-likeness (QED) is 0.678. The molecule has 56 valence electrons. The van der Waals surface area contributed by atoms with Gasteiger partial charge in [-0.2, -0.15) is 0 Å². The summed E-state index contributed by atoms with van der Waals surface area (Å²) in [6, 6.07) is 0. The van der Waals surface area contributed by atoms with Gasteiger partial charge in [-0.3, -0.25) is 0 Å². The predicted molar refractivity (Wildman–Crippen MR) is 38.3 cm³/mol. The average molecular weight is 143 g/mol. The van der Waals surface area contributed by atoms with E-state index in [1.54, 1.807) is 0 Å². The minimum absolute atomic E-state index is 0. The number of aromatic nitrogens is 2. The topological polar surface area (TPSA) is 37.8 Å². The molecule has 0 spiro atoms. The normalized spacial score (nSPS) is 9.40. The summed E-state index contributed by atoms with van der Waals surface area (Å²) in [6.07, 6.45) is 2.44. The summed E-state index contributed by atoms with van der Waals surface area (Å²) in [5.41, 5.74) is 0. The lowest BCUT2D eigenvalue weighted by atomic mass is 10.5. The van der Waals surface area contributed by atoms with Gasteiger partial charge in [0.2, 0.25) is 0 Å². The lowest BCUT2D eigenvalue weighted by Crippen LogP contribution is -2.01. The highest BCUT2D eigenvalue weighted by Gasteiger charge is 1.98. The first-order valence-electron chi connectivity index (χ1n) is 3.04. The number of nitrogens with zero attached hydrogens (tertiary/aromatic N) is 2. The van der Waals surface area contributed by atoms with Gasteiger partial charge in [0.1, 0.15) is 6.33 Å². The molecule has 0 fully saturated rings. The third kappa shape index (κ3) is 1.40. The Hall–Kier alpha value is -1.19. The second-order valence-electron chi connectivity index (χ2n) is 1.75. The molecule has 1 aromatic heterocycles. The van der Waals surface area contributed by atoms with Crippen molar-refractivity contribution in [2.75, 3.05) is 11.9 Å². The maximum atomic E-state index is 12.6.